The lowest BCUT2D eigenvalue weighted by atomic mass is 10.2. The Kier molecular flexibility index (Phi) is 4.36. The molecule has 7 nitrogen and oxygen atoms in total. The highest BCUT2D eigenvalue weighted by Gasteiger charge is 2.16. The van der Waals surface area contributed by atoms with Crippen LogP contribution in [-0.2, 0) is 4.74 Å². The quantitative estimate of drug-likeness (QED) is 0.455. The van der Waals surface area contributed by atoms with E-state index in [-0.39, 0.29) is 11.4 Å². The first kappa shape index (κ1) is 13.6. The molecule has 0 bridgehead atoms. The predicted molar refractivity (Wildman–Crippen MR) is 65.0 cm³/mol. The highest BCUT2D eigenvalue weighted by molar-refractivity contribution is 5.88. The van der Waals surface area contributed by atoms with Gasteiger partial charge < -0.3 is 9.64 Å². The number of methoxy groups -OCH3 is 1. The minimum absolute atomic E-state index is 0.0292. The minimum Gasteiger partial charge on any atom is -0.464 e. The van der Waals surface area contributed by atoms with Crippen molar-refractivity contribution < 1.29 is 14.5 Å². The van der Waals surface area contributed by atoms with Crippen LogP contribution in [0.2, 0.25) is 0 Å². The Bertz CT molecular complexity index is 497. The molecule has 0 aliphatic heterocycles. The van der Waals surface area contributed by atoms with Gasteiger partial charge in [0.15, 0.2) is 0 Å². The third-order valence-electron chi connectivity index (χ3n) is 2.06. The molecule has 0 spiro atoms. The van der Waals surface area contributed by atoms with E-state index in [0.717, 1.165) is 6.20 Å². The van der Waals surface area contributed by atoms with Crippen molar-refractivity contribution in [2.75, 3.05) is 21.2 Å². The Morgan fingerprint density at radius 3 is 2.72 bits per heavy atom. The lowest BCUT2D eigenvalue weighted by molar-refractivity contribution is -0.385. The smallest absolute Gasteiger partial charge is 0.356 e. The molecule has 18 heavy (non-hydrogen) atoms. The van der Waals surface area contributed by atoms with Crippen molar-refractivity contribution >= 4 is 17.7 Å². The largest absolute Gasteiger partial charge is 0.464 e. The molecule has 0 aliphatic rings. The van der Waals surface area contributed by atoms with E-state index < -0.39 is 10.9 Å². The highest BCUT2D eigenvalue weighted by Crippen LogP contribution is 2.20. The number of ether oxygens (including phenoxy) is 1. The summed E-state index contributed by atoms with van der Waals surface area (Å²) in [5, 5.41) is 10.8. The zero-order valence-corrected chi connectivity index (χ0v) is 10.3. The molecule has 0 aromatic carbocycles. The van der Waals surface area contributed by atoms with Gasteiger partial charge in [-0.05, 0) is 18.3 Å². The Morgan fingerprint density at radius 1 is 1.56 bits per heavy atom. The fourth-order valence-corrected chi connectivity index (χ4v) is 1.20. The van der Waals surface area contributed by atoms with Crippen LogP contribution in [0.1, 0.15) is 16.1 Å². The molecule has 0 amide bonds. The summed E-state index contributed by atoms with van der Waals surface area (Å²) in [5.74, 6) is -0.635. The first-order chi connectivity index (χ1) is 8.45. The molecule has 1 heterocycles. The van der Waals surface area contributed by atoms with Gasteiger partial charge in [0.05, 0.1) is 17.6 Å². The standard InChI is InChI=1S/C11H13N3O4/c1-13(2)5-4-8-6-9(11(15)18-3)12-7-10(8)14(16)17/h4-7H,1-3H3. The van der Waals surface area contributed by atoms with Crippen molar-refractivity contribution in [2.24, 2.45) is 0 Å². The van der Waals surface area contributed by atoms with Crippen molar-refractivity contribution in [1.29, 1.82) is 0 Å². The summed E-state index contributed by atoms with van der Waals surface area (Å²) in [6, 6.07) is 1.32. The van der Waals surface area contributed by atoms with Gasteiger partial charge in [-0.2, -0.15) is 0 Å². The van der Waals surface area contributed by atoms with Gasteiger partial charge in [0.2, 0.25) is 0 Å². The summed E-state index contributed by atoms with van der Waals surface area (Å²) in [7, 11) is 4.79. The van der Waals surface area contributed by atoms with Crippen molar-refractivity contribution in [3.63, 3.8) is 0 Å². The minimum atomic E-state index is -0.635. The number of nitro groups is 1. The van der Waals surface area contributed by atoms with E-state index in [2.05, 4.69) is 9.72 Å². The van der Waals surface area contributed by atoms with Crippen molar-refractivity contribution in [2.45, 2.75) is 0 Å². The van der Waals surface area contributed by atoms with E-state index in [1.165, 1.54) is 19.3 Å². The van der Waals surface area contributed by atoms with E-state index in [4.69, 9.17) is 0 Å². The lowest BCUT2D eigenvalue weighted by Gasteiger charge is -2.04. The first-order valence-corrected chi connectivity index (χ1v) is 5.03. The maximum Gasteiger partial charge on any atom is 0.356 e. The second kappa shape index (κ2) is 5.76. The normalized spacial score (nSPS) is 10.4. The van der Waals surface area contributed by atoms with E-state index in [1.54, 1.807) is 25.2 Å². The molecular formula is C11H13N3O4. The molecule has 96 valence electrons. The summed E-state index contributed by atoms with van der Waals surface area (Å²) >= 11 is 0. The number of nitrogens with zero attached hydrogens (tertiary/aromatic N) is 3. The number of carbonyl (C=O) groups is 1. The average Bonchev–Trinajstić information content (AvgIpc) is 2.34. The van der Waals surface area contributed by atoms with Crippen LogP contribution in [0.4, 0.5) is 5.69 Å². The summed E-state index contributed by atoms with van der Waals surface area (Å²) in [6.45, 7) is 0. The maximum absolute atomic E-state index is 11.3. The number of pyridine rings is 1. The van der Waals surface area contributed by atoms with Crippen LogP contribution >= 0.6 is 0 Å². The second-order valence-corrected chi connectivity index (χ2v) is 3.66. The summed E-state index contributed by atoms with van der Waals surface area (Å²) in [4.78, 5) is 27.0. The predicted octanol–water partition coefficient (Wildman–Crippen LogP) is 1.31. The molecule has 1 aromatic heterocycles. The monoisotopic (exact) mass is 251 g/mol. The van der Waals surface area contributed by atoms with E-state index in [0.29, 0.717) is 5.56 Å². The summed E-state index contributed by atoms with van der Waals surface area (Å²) in [5.41, 5.74) is 0.159. The number of hydrogen-bond acceptors (Lipinski definition) is 6. The Morgan fingerprint density at radius 2 is 2.22 bits per heavy atom. The molecule has 0 fully saturated rings. The van der Waals surface area contributed by atoms with Crippen LogP contribution in [0, 0.1) is 10.1 Å². The molecule has 0 N–H and O–H groups in total. The van der Waals surface area contributed by atoms with Crippen LogP contribution in [0.5, 0.6) is 0 Å². The zero-order valence-electron chi connectivity index (χ0n) is 10.3. The van der Waals surface area contributed by atoms with Crippen LogP contribution in [0.3, 0.4) is 0 Å². The van der Waals surface area contributed by atoms with Crippen molar-refractivity contribution in [3.8, 4) is 0 Å². The number of esters is 1. The van der Waals surface area contributed by atoms with Crippen LogP contribution < -0.4 is 0 Å². The Balaban J connectivity index is 3.24. The van der Waals surface area contributed by atoms with Gasteiger partial charge in [-0.25, -0.2) is 9.78 Å². The molecule has 1 rings (SSSR count). The molecule has 0 radical (unpaired) electrons. The molecule has 0 aliphatic carbocycles. The number of carbonyl (C=O) groups excluding carboxylic acids is 1. The summed E-state index contributed by atoms with van der Waals surface area (Å²) < 4.78 is 4.51. The SMILES string of the molecule is COC(=O)c1cc(C=CN(C)C)c([N+](=O)[O-])cn1. The van der Waals surface area contributed by atoms with Gasteiger partial charge in [0, 0.05) is 14.1 Å². The van der Waals surface area contributed by atoms with Gasteiger partial charge in [-0.3, -0.25) is 10.1 Å². The maximum atomic E-state index is 11.3. The lowest BCUT2D eigenvalue weighted by Crippen LogP contribution is -2.06. The van der Waals surface area contributed by atoms with Gasteiger partial charge >= 0.3 is 5.97 Å². The Hall–Kier alpha value is -2.44. The van der Waals surface area contributed by atoms with E-state index in [9.17, 15) is 14.9 Å². The topological polar surface area (TPSA) is 85.6 Å². The van der Waals surface area contributed by atoms with Gasteiger partial charge in [-0.15, -0.1) is 0 Å². The van der Waals surface area contributed by atoms with E-state index in [1.807, 2.05) is 0 Å². The third kappa shape index (κ3) is 3.27. The number of rotatable bonds is 4. The molecule has 0 saturated carbocycles. The van der Waals surface area contributed by atoms with Crippen LogP contribution in [-0.4, -0.2) is 42.0 Å². The molecule has 1 aromatic rings. The highest BCUT2D eigenvalue weighted by atomic mass is 16.6. The van der Waals surface area contributed by atoms with Gasteiger partial charge in [-0.1, -0.05) is 0 Å². The zero-order chi connectivity index (χ0) is 13.7. The summed E-state index contributed by atoms with van der Waals surface area (Å²) in [6.07, 6.45) is 4.22. The number of aromatic nitrogens is 1. The molecular weight excluding hydrogens is 238 g/mol. The van der Waals surface area contributed by atoms with Crippen molar-refractivity contribution in [3.05, 3.63) is 39.8 Å². The van der Waals surface area contributed by atoms with Gasteiger partial charge in [0.1, 0.15) is 11.9 Å². The number of hydrogen-bond donors (Lipinski definition) is 0. The molecule has 0 atom stereocenters. The molecule has 0 unspecified atom stereocenters. The fraction of sp³-hybridized carbons (Fsp3) is 0.273. The molecule has 0 saturated heterocycles. The first-order valence-electron chi connectivity index (χ1n) is 5.03. The van der Waals surface area contributed by atoms with E-state index >= 15 is 0 Å². The fourth-order valence-electron chi connectivity index (χ4n) is 1.20. The average molecular weight is 251 g/mol. The second-order valence-electron chi connectivity index (χ2n) is 3.66. The van der Waals surface area contributed by atoms with Gasteiger partial charge in [0.25, 0.3) is 5.69 Å². The Labute approximate surface area is 104 Å². The molecule has 7 heteroatoms. The van der Waals surface area contributed by atoms with Crippen LogP contribution in [0.25, 0.3) is 6.08 Å². The van der Waals surface area contributed by atoms with Crippen LogP contribution in [0.15, 0.2) is 18.5 Å². The third-order valence-corrected chi connectivity index (χ3v) is 2.06. The van der Waals surface area contributed by atoms with Crippen molar-refractivity contribution in [1.82, 2.24) is 9.88 Å².